The van der Waals surface area contributed by atoms with Crippen LogP contribution in [0.3, 0.4) is 0 Å². The maximum atomic E-state index is 11.5. The summed E-state index contributed by atoms with van der Waals surface area (Å²) in [5.41, 5.74) is 1.40. The molecule has 0 heterocycles. The fourth-order valence-electron chi connectivity index (χ4n) is 1.82. The van der Waals surface area contributed by atoms with E-state index in [2.05, 4.69) is 17.2 Å². The Hall–Kier alpha value is -2.97. The van der Waals surface area contributed by atoms with E-state index in [0.717, 1.165) is 5.56 Å². The average molecular weight is 344 g/mol. The minimum Gasteiger partial charge on any atom is -0.478 e. The summed E-state index contributed by atoms with van der Waals surface area (Å²) in [6.45, 7) is 0.249. The summed E-state index contributed by atoms with van der Waals surface area (Å²) >= 11 is 5.84. The molecule has 0 aliphatic carbocycles. The zero-order chi connectivity index (χ0) is 17.4. The van der Waals surface area contributed by atoms with Gasteiger partial charge < -0.3 is 15.2 Å². The topological polar surface area (TPSA) is 75.6 Å². The molecule has 24 heavy (non-hydrogen) atoms. The molecule has 0 fully saturated rings. The third-order valence-corrected chi connectivity index (χ3v) is 3.13. The second-order valence-corrected chi connectivity index (χ2v) is 5.19. The Morgan fingerprint density at radius 1 is 1.17 bits per heavy atom. The van der Waals surface area contributed by atoms with Gasteiger partial charge >= 0.3 is 12.1 Å². The fraction of sp³-hybridized carbons (Fsp3) is 0.111. The lowest BCUT2D eigenvalue weighted by Crippen LogP contribution is -2.24. The van der Waals surface area contributed by atoms with Crippen molar-refractivity contribution in [3.8, 4) is 11.8 Å². The van der Waals surface area contributed by atoms with Crippen LogP contribution < -0.4 is 5.32 Å². The van der Waals surface area contributed by atoms with E-state index in [9.17, 15) is 9.59 Å². The van der Waals surface area contributed by atoms with Crippen LogP contribution in [0.5, 0.6) is 0 Å². The number of hydrogen-bond acceptors (Lipinski definition) is 3. The zero-order valence-corrected chi connectivity index (χ0v) is 13.3. The van der Waals surface area contributed by atoms with Crippen LogP contribution in [0, 0.1) is 11.8 Å². The van der Waals surface area contributed by atoms with E-state index in [1.54, 1.807) is 6.07 Å². The fourth-order valence-corrected chi connectivity index (χ4v) is 2.06. The van der Waals surface area contributed by atoms with Gasteiger partial charge in [0.2, 0.25) is 0 Å². The Morgan fingerprint density at radius 3 is 2.62 bits per heavy atom. The Labute approximate surface area is 144 Å². The quantitative estimate of drug-likeness (QED) is 0.835. The van der Waals surface area contributed by atoms with E-state index >= 15 is 0 Å². The van der Waals surface area contributed by atoms with E-state index in [4.69, 9.17) is 21.4 Å². The molecule has 0 aliphatic heterocycles. The third kappa shape index (κ3) is 5.67. The molecule has 2 aromatic carbocycles. The van der Waals surface area contributed by atoms with E-state index in [1.807, 2.05) is 30.3 Å². The highest BCUT2D eigenvalue weighted by molar-refractivity contribution is 6.31. The van der Waals surface area contributed by atoms with Gasteiger partial charge in [-0.05, 0) is 23.8 Å². The van der Waals surface area contributed by atoms with Gasteiger partial charge in [0.05, 0.1) is 12.1 Å². The van der Waals surface area contributed by atoms with Crippen LogP contribution in [0.25, 0.3) is 0 Å². The molecule has 0 spiro atoms. The van der Waals surface area contributed by atoms with Crippen molar-refractivity contribution in [3.05, 3.63) is 70.2 Å². The van der Waals surface area contributed by atoms with Gasteiger partial charge in [-0.15, -0.1) is 0 Å². The molecule has 0 unspecified atom stereocenters. The maximum absolute atomic E-state index is 11.5. The first-order valence-electron chi connectivity index (χ1n) is 7.02. The predicted octanol–water partition coefficient (Wildman–Crippen LogP) is 3.32. The molecule has 6 heteroatoms. The smallest absolute Gasteiger partial charge is 0.408 e. The first-order valence-corrected chi connectivity index (χ1v) is 7.39. The number of ether oxygens (including phenoxy) is 1. The van der Waals surface area contributed by atoms with E-state index in [-0.39, 0.29) is 23.7 Å². The maximum Gasteiger partial charge on any atom is 0.408 e. The number of hydrogen-bond donors (Lipinski definition) is 2. The molecule has 0 radical (unpaired) electrons. The number of amides is 1. The molecule has 122 valence electrons. The number of carboxylic acid groups (broad SMARTS) is 1. The predicted molar refractivity (Wildman–Crippen MR) is 89.9 cm³/mol. The van der Waals surface area contributed by atoms with Crippen molar-refractivity contribution in [2.45, 2.75) is 6.61 Å². The van der Waals surface area contributed by atoms with Gasteiger partial charge in [-0.2, -0.15) is 0 Å². The normalized spacial score (nSPS) is 9.54. The van der Waals surface area contributed by atoms with Crippen molar-refractivity contribution in [3.63, 3.8) is 0 Å². The molecule has 2 aromatic rings. The highest BCUT2D eigenvalue weighted by Crippen LogP contribution is 2.14. The summed E-state index contributed by atoms with van der Waals surface area (Å²) in [6.07, 6.45) is -0.578. The molecule has 0 aromatic heterocycles. The molecule has 0 saturated carbocycles. The second-order valence-electron chi connectivity index (χ2n) is 4.75. The molecule has 0 saturated heterocycles. The molecule has 0 aliphatic rings. The van der Waals surface area contributed by atoms with Crippen LogP contribution in [0.2, 0.25) is 5.02 Å². The number of nitrogens with one attached hydrogen (secondary N) is 1. The van der Waals surface area contributed by atoms with Gasteiger partial charge in [0.15, 0.2) is 0 Å². The Kier molecular flexibility index (Phi) is 6.23. The Balaban J connectivity index is 1.83. The van der Waals surface area contributed by atoms with Gasteiger partial charge in [-0.25, -0.2) is 9.59 Å². The van der Waals surface area contributed by atoms with Crippen molar-refractivity contribution >= 4 is 23.7 Å². The summed E-state index contributed by atoms with van der Waals surface area (Å²) < 4.78 is 5.03. The number of rotatable bonds is 4. The van der Waals surface area contributed by atoms with Crippen LogP contribution in [0.1, 0.15) is 21.5 Å². The van der Waals surface area contributed by atoms with Gasteiger partial charge in [0, 0.05) is 10.6 Å². The number of carbonyl (C=O) groups is 2. The van der Waals surface area contributed by atoms with Crippen molar-refractivity contribution in [2.24, 2.45) is 0 Å². The van der Waals surface area contributed by atoms with Crippen molar-refractivity contribution < 1.29 is 19.4 Å². The molecule has 0 atom stereocenters. The standard InChI is InChI=1S/C18H14ClNO4/c19-16-10-14(9-15(11-16)17(21)22)7-4-8-20-18(23)24-12-13-5-2-1-3-6-13/h1-3,5-6,9-11H,8,12H2,(H,20,23)(H,21,22). The monoisotopic (exact) mass is 343 g/mol. The lowest BCUT2D eigenvalue weighted by Gasteiger charge is -2.04. The summed E-state index contributed by atoms with van der Waals surface area (Å²) in [5, 5.41) is 11.7. The Bertz CT molecular complexity index is 794. The number of aromatic carboxylic acids is 1. The number of benzene rings is 2. The van der Waals surface area contributed by atoms with Crippen LogP contribution in [0.4, 0.5) is 4.79 Å². The molecule has 5 nitrogen and oxygen atoms in total. The molecular formula is C18H14ClNO4. The molecule has 1 amide bonds. The number of carboxylic acids is 1. The van der Waals surface area contributed by atoms with E-state index < -0.39 is 12.1 Å². The highest BCUT2D eigenvalue weighted by atomic mass is 35.5. The van der Waals surface area contributed by atoms with Crippen molar-refractivity contribution in [2.75, 3.05) is 6.54 Å². The first kappa shape index (κ1) is 17.4. The number of carbonyl (C=O) groups excluding carboxylic acids is 1. The Morgan fingerprint density at radius 2 is 1.92 bits per heavy atom. The SMILES string of the molecule is O=C(NCC#Cc1cc(Cl)cc(C(=O)O)c1)OCc1ccccc1. The summed E-state index contributed by atoms with van der Waals surface area (Å²) in [4.78, 5) is 22.5. The molecular weight excluding hydrogens is 330 g/mol. The van der Waals surface area contributed by atoms with Gasteiger partial charge in [0.25, 0.3) is 0 Å². The minimum atomic E-state index is -1.08. The first-order chi connectivity index (χ1) is 11.5. The van der Waals surface area contributed by atoms with Crippen molar-refractivity contribution in [1.29, 1.82) is 0 Å². The van der Waals surface area contributed by atoms with Crippen LogP contribution in [0.15, 0.2) is 48.5 Å². The highest BCUT2D eigenvalue weighted by Gasteiger charge is 2.05. The second kappa shape index (κ2) is 8.61. The van der Waals surface area contributed by atoms with Gasteiger partial charge in [-0.3, -0.25) is 0 Å². The lowest BCUT2D eigenvalue weighted by atomic mass is 10.1. The molecule has 2 rings (SSSR count). The number of halogens is 1. The largest absolute Gasteiger partial charge is 0.478 e. The minimum absolute atomic E-state index is 0.0574. The van der Waals surface area contributed by atoms with Gasteiger partial charge in [-0.1, -0.05) is 53.8 Å². The average Bonchev–Trinajstić information content (AvgIpc) is 2.57. The van der Waals surface area contributed by atoms with Crippen LogP contribution >= 0.6 is 11.6 Å². The molecule has 0 bridgehead atoms. The summed E-state index contributed by atoms with van der Waals surface area (Å²) in [6, 6.07) is 13.6. The van der Waals surface area contributed by atoms with Crippen molar-refractivity contribution in [1.82, 2.24) is 5.32 Å². The third-order valence-electron chi connectivity index (χ3n) is 2.91. The van der Waals surface area contributed by atoms with E-state index in [0.29, 0.717) is 5.56 Å². The van der Waals surface area contributed by atoms with Gasteiger partial charge in [0.1, 0.15) is 6.61 Å². The lowest BCUT2D eigenvalue weighted by molar-refractivity contribution is 0.0696. The zero-order valence-electron chi connectivity index (χ0n) is 12.6. The van der Waals surface area contributed by atoms with Crippen LogP contribution in [-0.4, -0.2) is 23.7 Å². The molecule has 2 N–H and O–H groups in total. The summed E-state index contributed by atoms with van der Waals surface area (Å²) in [7, 11) is 0. The van der Waals surface area contributed by atoms with Crippen LogP contribution in [-0.2, 0) is 11.3 Å². The number of alkyl carbamates (subject to hydrolysis) is 1. The summed E-state index contributed by atoms with van der Waals surface area (Å²) in [5.74, 6) is 4.37. The van der Waals surface area contributed by atoms with E-state index in [1.165, 1.54) is 12.1 Å².